The lowest BCUT2D eigenvalue weighted by atomic mass is 10.0. The van der Waals surface area contributed by atoms with Gasteiger partial charge in [0.25, 0.3) is 5.91 Å². The molecule has 1 fully saturated rings. The second kappa shape index (κ2) is 5.33. The Balaban J connectivity index is 2.33. The van der Waals surface area contributed by atoms with Gasteiger partial charge in [0, 0.05) is 16.6 Å². The smallest absolute Gasteiger partial charge is 0.326 e. The Hall–Kier alpha value is -1.36. The van der Waals surface area contributed by atoms with Crippen LogP contribution in [0, 0.1) is 12.8 Å². The Kier molecular flexibility index (Phi) is 3.94. The highest BCUT2D eigenvalue weighted by Gasteiger charge is 2.40. The second-order valence-corrected chi connectivity index (χ2v) is 5.92. The first-order valence-electron chi connectivity index (χ1n) is 6.21. The molecule has 19 heavy (non-hydrogen) atoms. The van der Waals surface area contributed by atoms with Gasteiger partial charge in [0.1, 0.15) is 6.04 Å². The lowest BCUT2D eigenvalue weighted by Gasteiger charge is -2.24. The predicted molar refractivity (Wildman–Crippen MR) is 75.1 cm³/mol. The maximum Gasteiger partial charge on any atom is 0.326 e. The highest BCUT2D eigenvalue weighted by Crippen LogP contribution is 2.27. The molecule has 1 aliphatic heterocycles. The number of aliphatic carboxylic acids is 1. The molecule has 0 bridgehead atoms. The molecule has 5 heteroatoms. The molecule has 0 aromatic heterocycles. The molecule has 2 unspecified atom stereocenters. The maximum atomic E-state index is 12.5. The van der Waals surface area contributed by atoms with Crippen LogP contribution in [0.5, 0.6) is 0 Å². The SMILES string of the molecule is Cc1ccc(Br)cc1C(=O)N1CCC(C)C1C(=O)O. The number of nitrogens with zero attached hydrogens (tertiary/aromatic N) is 1. The van der Waals surface area contributed by atoms with E-state index in [0.717, 1.165) is 16.5 Å². The van der Waals surface area contributed by atoms with E-state index in [1.165, 1.54) is 4.90 Å². The van der Waals surface area contributed by atoms with E-state index >= 15 is 0 Å². The second-order valence-electron chi connectivity index (χ2n) is 5.01. The molecule has 102 valence electrons. The van der Waals surface area contributed by atoms with Crippen LogP contribution in [0.3, 0.4) is 0 Å². The summed E-state index contributed by atoms with van der Waals surface area (Å²) >= 11 is 3.34. The van der Waals surface area contributed by atoms with Crippen molar-refractivity contribution in [2.24, 2.45) is 5.92 Å². The molecule has 4 nitrogen and oxygen atoms in total. The molecular weight excluding hydrogens is 310 g/mol. The summed E-state index contributed by atoms with van der Waals surface area (Å²) in [6.45, 7) is 4.23. The molecule has 2 rings (SSSR count). The van der Waals surface area contributed by atoms with Gasteiger partial charge >= 0.3 is 5.97 Å². The van der Waals surface area contributed by atoms with Crippen molar-refractivity contribution < 1.29 is 14.7 Å². The number of amides is 1. The van der Waals surface area contributed by atoms with E-state index in [1.807, 2.05) is 26.0 Å². The van der Waals surface area contributed by atoms with Gasteiger partial charge in [0.05, 0.1) is 0 Å². The van der Waals surface area contributed by atoms with Crippen molar-refractivity contribution in [1.82, 2.24) is 4.90 Å². The average Bonchev–Trinajstić information content (AvgIpc) is 2.73. The summed E-state index contributed by atoms with van der Waals surface area (Å²) in [5.74, 6) is -1.13. The fourth-order valence-corrected chi connectivity index (χ4v) is 2.89. The summed E-state index contributed by atoms with van der Waals surface area (Å²) in [6, 6.07) is 4.76. The number of aryl methyl sites for hydroxylation is 1. The average molecular weight is 326 g/mol. The normalized spacial score (nSPS) is 22.6. The van der Waals surface area contributed by atoms with Crippen molar-refractivity contribution in [3.8, 4) is 0 Å². The van der Waals surface area contributed by atoms with Gasteiger partial charge in [0.2, 0.25) is 0 Å². The first-order chi connectivity index (χ1) is 8.91. The molecule has 0 radical (unpaired) electrons. The van der Waals surface area contributed by atoms with Crippen LogP contribution in [-0.4, -0.2) is 34.5 Å². The minimum Gasteiger partial charge on any atom is -0.480 e. The summed E-state index contributed by atoms with van der Waals surface area (Å²) in [5.41, 5.74) is 1.42. The highest BCUT2D eigenvalue weighted by molar-refractivity contribution is 9.10. The van der Waals surface area contributed by atoms with Gasteiger partial charge < -0.3 is 10.0 Å². The number of carboxylic acids is 1. The van der Waals surface area contributed by atoms with Crippen molar-refractivity contribution in [2.45, 2.75) is 26.3 Å². The number of rotatable bonds is 2. The van der Waals surface area contributed by atoms with Crippen LogP contribution in [0.25, 0.3) is 0 Å². The Bertz CT molecular complexity index is 529. The van der Waals surface area contributed by atoms with Gasteiger partial charge in [0.15, 0.2) is 0 Å². The molecule has 1 aromatic rings. The summed E-state index contributed by atoms with van der Waals surface area (Å²) in [5, 5.41) is 9.27. The zero-order valence-electron chi connectivity index (χ0n) is 10.9. The van der Waals surface area contributed by atoms with Crippen LogP contribution < -0.4 is 0 Å². The van der Waals surface area contributed by atoms with Crippen molar-refractivity contribution >= 4 is 27.8 Å². The molecule has 1 heterocycles. The lowest BCUT2D eigenvalue weighted by molar-refractivity contribution is -0.142. The number of benzene rings is 1. The monoisotopic (exact) mass is 325 g/mol. The van der Waals surface area contributed by atoms with Crippen LogP contribution >= 0.6 is 15.9 Å². The number of carbonyl (C=O) groups excluding carboxylic acids is 1. The quantitative estimate of drug-likeness (QED) is 0.909. The third kappa shape index (κ3) is 2.66. The summed E-state index contributed by atoms with van der Waals surface area (Å²) < 4.78 is 0.820. The third-order valence-corrected chi connectivity index (χ3v) is 4.14. The zero-order chi connectivity index (χ0) is 14.2. The first-order valence-corrected chi connectivity index (χ1v) is 7.01. The number of carboxylic acid groups (broad SMARTS) is 1. The largest absolute Gasteiger partial charge is 0.480 e. The Morgan fingerprint density at radius 3 is 2.74 bits per heavy atom. The number of hydrogen-bond acceptors (Lipinski definition) is 2. The maximum absolute atomic E-state index is 12.5. The number of hydrogen-bond donors (Lipinski definition) is 1. The van der Waals surface area contributed by atoms with E-state index in [4.69, 9.17) is 0 Å². The van der Waals surface area contributed by atoms with E-state index in [1.54, 1.807) is 6.07 Å². The number of likely N-dealkylation sites (tertiary alicyclic amines) is 1. The van der Waals surface area contributed by atoms with Crippen LogP contribution in [-0.2, 0) is 4.79 Å². The van der Waals surface area contributed by atoms with E-state index in [2.05, 4.69) is 15.9 Å². The fourth-order valence-electron chi connectivity index (χ4n) is 2.53. The van der Waals surface area contributed by atoms with Crippen molar-refractivity contribution in [2.75, 3.05) is 6.54 Å². The third-order valence-electron chi connectivity index (χ3n) is 3.64. The number of halogens is 1. The van der Waals surface area contributed by atoms with E-state index in [9.17, 15) is 14.7 Å². The molecular formula is C14H16BrNO3. The minimum atomic E-state index is -0.925. The van der Waals surface area contributed by atoms with E-state index in [0.29, 0.717) is 12.1 Å². The molecule has 1 aromatic carbocycles. The van der Waals surface area contributed by atoms with Crippen molar-refractivity contribution in [1.29, 1.82) is 0 Å². The molecule has 1 saturated heterocycles. The summed E-state index contributed by atoms with van der Waals surface area (Å²) in [4.78, 5) is 25.3. The molecule has 0 aliphatic carbocycles. The predicted octanol–water partition coefficient (Wildman–Crippen LogP) is 2.69. The molecule has 1 aliphatic rings. The topological polar surface area (TPSA) is 57.6 Å². The Morgan fingerprint density at radius 1 is 1.42 bits per heavy atom. The minimum absolute atomic E-state index is 0.00564. The Labute approximate surface area is 120 Å². The van der Waals surface area contributed by atoms with Gasteiger partial charge in [-0.25, -0.2) is 4.79 Å². The standard InChI is InChI=1S/C14H16BrNO3/c1-8-3-4-10(15)7-11(8)13(17)16-6-5-9(2)12(16)14(18)19/h3-4,7,9,12H,5-6H2,1-2H3,(H,18,19). The van der Waals surface area contributed by atoms with Gasteiger partial charge in [-0.15, -0.1) is 0 Å². The molecule has 0 saturated carbocycles. The molecule has 1 N–H and O–H groups in total. The van der Waals surface area contributed by atoms with Crippen molar-refractivity contribution in [3.63, 3.8) is 0 Å². The van der Waals surface area contributed by atoms with Gasteiger partial charge in [-0.3, -0.25) is 4.79 Å². The number of carbonyl (C=O) groups is 2. The molecule has 2 atom stereocenters. The fraction of sp³-hybridized carbons (Fsp3) is 0.429. The van der Waals surface area contributed by atoms with Crippen molar-refractivity contribution in [3.05, 3.63) is 33.8 Å². The summed E-state index contributed by atoms with van der Waals surface area (Å²) in [7, 11) is 0. The van der Waals surface area contributed by atoms with E-state index < -0.39 is 12.0 Å². The highest BCUT2D eigenvalue weighted by atomic mass is 79.9. The van der Waals surface area contributed by atoms with Gasteiger partial charge in [-0.2, -0.15) is 0 Å². The van der Waals surface area contributed by atoms with Gasteiger partial charge in [-0.05, 0) is 37.0 Å². The lowest BCUT2D eigenvalue weighted by Crippen LogP contribution is -2.43. The summed E-state index contributed by atoms with van der Waals surface area (Å²) in [6.07, 6.45) is 0.732. The van der Waals surface area contributed by atoms with Crippen LogP contribution in [0.2, 0.25) is 0 Å². The first kappa shape index (κ1) is 14.1. The van der Waals surface area contributed by atoms with Crippen LogP contribution in [0.4, 0.5) is 0 Å². The zero-order valence-corrected chi connectivity index (χ0v) is 12.5. The van der Waals surface area contributed by atoms with Crippen LogP contribution in [0.1, 0.15) is 29.3 Å². The van der Waals surface area contributed by atoms with Gasteiger partial charge in [-0.1, -0.05) is 28.9 Å². The molecule has 1 amide bonds. The Morgan fingerprint density at radius 2 is 2.11 bits per heavy atom. The molecule has 0 spiro atoms. The van der Waals surface area contributed by atoms with E-state index in [-0.39, 0.29) is 11.8 Å². The van der Waals surface area contributed by atoms with Crippen LogP contribution in [0.15, 0.2) is 22.7 Å².